The van der Waals surface area contributed by atoms with E-state index in [4.69, 9.17) is 4.74 Å². The van der Waals surface area contributed by atoms with Crippen LogP contribution in [0, 0.1) is 5.82 Å². The fourth-order valence-electron chi connectivity index (χ4n) is 2.84. The first-order valence-electron chi connectivity index (χ1n) is 8.65. The fourth-order valence-corrected chi connectivity index (χ4v) is 2.84. The second-order valence-corrected chi connectivity index (χ2v) is 6.10. The van der Waals surface area contributed by atoms with Gasteiger partial charge in [-0.1, -0.05) is 12.1 Å². The van der Waals surface area contributed by atoms with Gasteiger partial charge >= 0.3 is 0 Å². The van der Waals surface area contributed by atoms with Gasteiger partial charge in [0.1, 0.15) is 11.9 Å². The van der Waals surface area contributed by atoms with E-state index in [1.54, 1.807) is 17.0 Å². The molecule has 1 atom stereocenters. The molecule has 1 aromatic carbocycles. The predicted octanol–water partition coefficient (Wildman–Crippen LogP) is 0.808. The molecule has 2 aromatic heterocycles. The highest BCUT2D eigenvalue weighted by molar-refractivity contribution is 5.85. The summed E-state index contributed by atoms with van der Waals surface area (Å²) >= 11 is 0. The number of halogens is 1. The van der Waals surface area contributed by atoms with E-state index in [-0.39, 0.29) is 17.7 Å². The van der Waals surface area contributed by atoms with Gasteiger partial charge in [0.2, 0.25) is 17.7 Å². The highest BCUT2D eigenvalue weighted by atomic mass is 19.1. The van der Waals surface area contributed by atoms with E-state index in [2.05, 4.69) is 35.9 Å². The van der Waals surface area contributed by atoms with Gasteiger partial charge in [-0.15, -0.1) is 10.2 Å². The first-order chi connectivity index (χ1) is 13.7. The number of hydrogen-bond donors (Lipinski definition) is 2. The van der Waals surface area contributed by atoms with Crippen molar-refractivity contribution in [2.75, 3.05) is 31.6 Å². The molecule has 1 saturated heterocycles. The van der Waals surface area contributed by atoms with Crippen LogP contribution < -0.4 is 5.32 Å². The third kappa shape index (κ3) is 3.93. The van der Waals surface area contributed by atoms with Crippen LogP contribution in [0.3, 0.4) is 0 Å². The Hall–Kier alpha value is -3.47. The molecule has 0 bridgehead atoms. The number of ether oxygens (including phenoxy) is 1. The molecule has 0 saturated carbocycles. The van der Waals surface area contributed by atoms with Crippen molar-refractivity contribution in [3.8, 4) is 11.4 Å². The van der Waals surface area contributed by atoms with Gasteiger partial charge in [0.25, 0.3) is 0 Å². The molecule has 3 heterocycles. The molecule has 1 aliphatic rings. The van der Waals surface area contributed by atoms with Crippen molar-refractivity contribution in [3.63, 3.8) is 0 Å². The van der Waals surface area contributed by atoms with Crippen LogP contribution in [0.25, 0.3) is 11.4 Å². The molecule has 1 unspecified atom stereocenters. The topological polar surface area (TPSA) is 122 Å². The second kappa shape index (κ2) is 8.05. The Morgan fingerprint density at radius 3 is 2.54 bits per heavy atom. The van der Waals surface area contributed by atoms with Crippen molar-refractivity contribution in [1.29, 1.82) is 0 Å². The van der Waals surface area contributed by atoms with Gasteiger partial charge in [0.05, 0.1) is 18.8 Å². The van der Waals surface area contributed by atoms with E-state index in [9.17, 15) is 9.18 Å². The number of morpholine rings is 1. The van der Waals surface area contributed by atoms with Crippen LogP contribution in [0.15, 0.2) is 36.7 Å². The number of nitrogens with zero attached hydrogens (tertiary/aromatic N) is 6. The number of benzene rings is 1. The molecule has 1 aliphatic heterocycles. The zero-order valence-corrected chi connectivity index (χ0v) is 14.7. The average molecular weight is 384 g/mol. The summed E-state index contributed by atoms with van der Waals surface area (Å²) in [6, 6.07) is 5.01. The van der Waals surface area contributed by atoms with Crippen LogP contribution in [0.4, 0.5) is 10.3 Å². The summed E-state index contributed by atoms with van der Waals surface area (Å²) in [7, 11) is 0. The Labute approximate surface area is 159 Å². The number of hydrogen-bond acceptors (Lipinski definition) is 8. The molecule has 144 valence electrons. The normalized spacial score (nSPS) is 15.2. The zero-order valence-electron chi connectivity index (χ0n) is 14.7. The number of H-pyrrole nitrogens is 1. The predicted molar refractivity (Wildman–Crippen MR) is 95.4 cm³/mol. The van der Waals surface area contributed by atoms with Crippen LogP contribution in [0.5, 0.6) is 0 Å². The number of tetrazole rings is 1. The standard InChI is InChI=1S/C17H17FN8O2/c18-13-3-1-11(2-4-13)14(16(27)26-5-7-28-8-6-26)21-17-19-9-12(10-20-17)15-22-24-25-23-15/h1-4,9-10,14H,5-8H2,(H,19,20,21)(H,22,23,24,25). The van der Waals surface area contributed by atoms with E-state index in [0.29, 0.717) is 43.3 Å². The molecule has 28 heavy (non-hydrogen) atoms. The van der Waals surface area contributed by atoms with Gasteiger partial charge in [-0.05, 0) is 22.9 Å². The maximum absolute atomic E-state index is 13.3. The van der Waals surface area contributed by atoms with E-state index in [1.807, 2.05) is 0 Å². The molecule has 11 heteroatoms. The molecule has 0 aliphatic carbocycles. The van der Waals surface area contributed by atoms with Crippen molar-refractivity contribution in [1.82, 2.24) is 35.5 Å². The van der Waals surface area contributed by atoms with E-state index in [0.717, 1.165) is 0 Å². The van der Waals surface area contributed by atoms with Crippen LogP contribution >= 0.6 is 0 Å². The monoisotopic (exact) mass is 384 g/mol. The third-order valence-electron chi connectivity index (χ3n) is 4.30. The number of aromatic nitrogens is 6. The lowest BCUT2D eigenvalue weighted by Gasteiger charge is -2.31. The van der Waals surface area contributed by atoms with Gasteiger partial charge in [0.15, 0.2) is 0 Å². The SMILES string of the molecule is O=C(C(Nc1ncc(-c2nn[nH]n2)cn1)c1ccc(F)cc1)N1CCOCC1. The number of nitrogens with one attached hydrogen (secondary N) is 2. The maximum Gasteiger partial charge on any atom is 0.249 e. The first-order valence-corrected chi connectivity index (χ1v) is 8.65. The number of carbonyl (C=O) groups excluding carboxylic acids is 1. The molecule has 0 radical (unpaired) electrons. The fraction of sp³-hybridized carbons (Fsp3) is 0.294. The molecule has 10 nitrogen and oxygen atoms in total. The summed E-state index contributed by atoms with van der Waals surface area (Å²) < 4.78 is 18.6. The Morgan fingerprint density at radius 2 is 1.89 bits per heavy atom. The van der Waals surface area contributed by atoms with E-state index >= 15 is 0 Å². The van der Waals surface area contributed by atoms with Gasteiger partial charge in [-0.25, -0.2) is 14.4 Å². The minimum absolute atomic E-state index is 0.152. The molecule has 3 aromatic rings. The van der Waals surface area contributed by atoms with Gasteiger partial charge in [0, 0.05) is 25.5 Å². The summed E-state index contributed by atoms with van der Waals surface area (Å²) in [5, 5.41) is 16.6. The second-order valence-electron chi connectivity index (χ2n) is 6.10. The van der Waals surface area contributed by atoms with Crippen LogP contribution in [-0.4, -0.2) is 67.7 Å². The molecular weight excluding hydrogens is 367 g/mol. The molecular formula is C17H17FN8O2. The van der Waals surface area contributed by atoms with Gasteiger partial charge in [-0.2, -0.15) is 5.21 Å². The third-order valence-corrected chi connectivity index (χ3v) is 4.30. The zero-order chi connectivity index (χ0) is 19.3. The lowest BCUT2D eigenvalue weighted by atomic mass is 10.1. The molecule has 1 amide bonds. The smallest absolute Gasteiger partial charge is 0.249 e. The Balaban J connectivity index is 1.57. The van der Waals surface area contributed by atoms with E-state index < -0.39 is 6.04 Å². The lowest BCUT2D eigenvalue weighted by molar-refractivity contribution is -0.136. The minimum Gasteiger partial charge on any atom is -0.378 e. The number of carbonyl (C=O) groups is 1. The van der Waals surface area contributed by atoms with Crippen LogP contribution in [-0.2, 0) is 9.53 Å². The lowest BCUT2D eigenvalue weighted by Crippen LogP contribution is -2.44. The number of aromatic amines is 1. The Bertz CT molecular complexity index is 911. The maximum atomic E-state index is 13.3. The van der Waals surface area contributed by atoms with Crippen molar-refractivity contribution >= 4 is 11.9 Å². The minimum atomic E-state index is -0.755. The summed E-state index contributed by atoms with van der Waals surface area (Å²) in [5.41, 5.74) is 1.20. The number of rotatable bonds is 5. The van der Waals surface area contributed by atoms with Crippen LogP contribution in [0.1, 0.15) is 11.6 Å². The van der Waals surface area contributed by atoms with E-state index in [1.165, 1.54) is 24.5 Å². The highest BCUT2D eigenvalue weighted by Gasteiger charge is 2.28. The van der Waals surface area contributed by atoms with Crippen molar-refractivity contribution in [3.05, 3.63) is 48.0 Å². The quantitative estimate of drug-likeness (QED) is 0.663. The number of anilines is 1. The molecule has 0 spiro atoms. The highest BCUT2D eigenvalue weighted by Crippen LogP contribution is 2.22. The van der Waals surface area contributed by atoms with Crippen molar-refractivity contribution < 1.29 is 13.9 Å². The van der Waals surface area contributed by atoms with Crippen molar-refractivity contribution in [2.45, 2.75) is 6.04 Å². The van der Waals surface area contributed by atoms with Crippen LogP contribution in [0.2, 0.25) is 0 Å². The molecule has 4 rings (SSSR count). The Morgan fingerprint density at radius 1 is 1.18 bits per heavy atom. The largest absolute Gasteiger partial charge is 0.378 e. The van der Waals surface area contributed by atoms with Gasteiger partial charge in [-0.3, -0.25) is 4.79 Å². The van der Waals surface area contributed by atoms with Gasteiger partial charge < -0.3 is 15.0 Å². The summed E-state index contributed by atoms with van der Waals surface area (Å²) in [4.78, 5) is 23.2. The number of amides is 1. The van der Waals surface area contributed by atoms with Crippen molar-refractivity contribution in [2.24, 2.45) is 0 Å². The summed E-state index contributed by atoms with van der Waals surface area (Å²) in [5.74, 6) is 0.0944. The molecule has 2 N–H and O–H groups in total. The first kappa shape index (κ1) is 17.9. The Kier molecular flexibility index (Phi) is 5.15. The average Bonchev–Trinajstić information content (AvgIpc) is 3.28. The summed E-state index contributed by atoms with van der Waals surface area (Å²) in [6.07, 6.45) is 3.06. The summed E-state index contributed by atoms with van der Waals surface area (Å²) in [6.45, 7) is 1.96. The molecule has 1 fully saturated rings.